The van der Waals surface area contributed by atoms with E-state index in [-0.39, 0.29) is 16.9 Å². The van der Waals surface area contributed by atoms with Crippen molar-refractivity contribution in [1.82, 2.24) is 20.4 Å². The van der Waals surface area contributed by atoms with Crippen LogP contribution >= 0.6 is 0 Å². The third kappa shape index (κ3) is 3.60. The van der Waals surface area contributed by atoms with Crippen LogP contribution in [0, 0.1) is 0 Å². The first kappa shape index (κ1) is 19.2. The first-order valence-corrected chi connectivity index (χ1v) is 10.1. The Kier molecular flexibility index (Phi) is 4.61. The van der Waals surface area contributed by atoms with Crippen LogP contribution in [0.1, 0.15) is 48.7 Å². The minimum Gasteiger partial charge on any atom is -0.334 e. The van der Waals surface area contributed by atoms with E-state index in [0.717, 1.165) is 44.5 Å². The van der Waals surface area contributed by atoms with Gasteiger partial charge in [-0.2, -0.15) is 18.2 Å². The van der Waals surface area contributed by atoms with E-state index in [0.29, 0.717) is 17.8 Å². The second-order valence-corrected chi connectivity index (χ2v) is 8.22. The molecule has 2 fully saturated rings. The van der Waals surface area contributed by atoms with Crippen molar-refractivity contribution in [1.29, 1.82) is 0 Å². The lowest BCUT2D eigenvalue weighted by Crippen LogP contribution is -2.45. The van der Waals surface area contributed by atoms with Crippen molar-refractivity contribution < 1.29 is 17.7 Å². The minimum atomic E-state index is -4.52. The Hall–Kier alpha value is -2.74. The lowest BCUT2D eigenvalue weighted by molar-refractivity contribution is -0.141. The highest BCUT2D eigenvalue weighted by molar-refractivity contribution is 5.53. The summed E-state index contributed by atoms with van der Waals surface area (Å²) >= 11 is 0. The van der Waals surface area contributed by atoms with E-state index in [1.54, 1.807) is 0 Å². The molecule has 0 amide bonds. The normalized spacial score (nSPS) is 22.5. The lowest BCUT2D eigenvalue weighted by Gasteiger charge is -2.39. The Balaban J connectivity index is 1.29. The SMILES string of the molecule is FC(F)(F)c1cc(-c2nc(C3(CN[C@H]4C[C@@H]4c4ccccc4)CCC3)no2)ccn1. The number of halogens is 3. The monoisotopic (exact) mass is 414 g/mol. The molecule has 1 N–H and O–H groups in total. The number of nitrogens with zero attached hydrogens (tertiary/aromatic N) is 3. The molecule has 2 aromatic heterocycles. The molecule has 156 valence electrons. The predicted molar refractivity (Wildman–Crippen MR) is 104 cm³/mol. The molecule has 1 aromatic carbocycles. The highest BCUT2D eigenvalue weighted by Gasteiger charge is 2.46. The van der Waals surface area contributed by atoms with Gasteiger partial charge in [-0.15, -0.1) is 0 Å². The van der Waals surface area contributed by atoms with Gasteiger partial charge >= 0.3 is 6.18 Å². The Bertz CT molecular complexity index is 1030. The van der Waals surface area contributed by atoms with Gasteiger partial charge in [-0.25, -0.2) is 0 Å². The van der Waals surface area contributed by atoms with Crippen molar-refractivity contribution in [3.8, 4) is 11.5 Å². The van der Waals surface area contributed by atoms with Crippen LogP contribution in [0.25, 0.3) is 11.5 Å². The molecule has 0 radical (unpaired) electrons. The summed E-state index contributed by atoms with van der Waals surface area (Å²) in [6, 6.07) is 13.3. The van der Waals surface area contributed by atoms with Crippen LogP contribution < -0.4 is 5.32 Å². The quantitative estimate of drug-likeness (QED) is 0.633. The van der Waals surface area contributed by atoms with Crippen molar-refractivity contribution in [2.45, 2.75) is 49.2 Å². The Morgan fingerprint density at radius 3 is 2.63 bits per heavy atom. The summed E-state index contributed by atoms with van der Waals surface area (Å²) in [5.74, 6) is 1.19. The van der Waals surface area contributed by atoms with Crippen LogP contribution in [-0.2, 0) is 11.6 Å². The molecule has 30 heavy (non-hydrogen) atoms. The third-order valence-electron chi connectivity index (χ3n) is 6.23. The number of rotatable bonds is 6. The minimum absolute atomic E-state index is 0.0951. The topological polar surface area (TPSA) is 63.8 Å². The van der Waals surface area contributed by atoms with Gasteiger partial charge in [0.15, 0.2) is 5.82 Å². The van der Waals surface area contributed by atoms with Gasteiger partial charge in [0.2, 0.25) is 0 Å². The third-order valence-corrected chi connectivity index (χ3v) is 6.23. The maximum atomic E-state index is 12.9. The van der Waals surface area contributed by atoms with Crippen LogP contribution in [0.15, 0.2) is 53.2 Å². The van der Waals surface area contributed by atoms with Gasteiger partial charge in [-0.1, -0.05) is 41.9 Å². The largest absolute Gasteiger partial charge is 0.433 e. The fourth-order valence-electron chi connectivity index (χ4n) is 4.17. The predicted octanol–water partition coefficient (Wildman–Crippen LogP) is 4.72. The van der Waals surface area contributed by atoms with E-state index >= 15 is 0 Å². The molecule has 5 nitrogen and oxygen atoms in total. The summed E-state index contributed by atoms with van der Waals surface area (Å²) < 4.78 is 44.2. The van der Waals surface area contributed by atoms with E-state index < -0.39 is 11.9 Å². The molecule has 0 aliphatic heterocycles. The molecule has 2 atom stereocenters. The smallest absolute Gasteiger partial charge is 0.334 e. The molecule has 2 heterocycles. The molecule has 2 saturated carbocycles. The fraction of sp³-hybridized carbons (Fsp3) is 0.409. The van der Waals surface area contributed by atoms with E-state index in [4.69, 9.17) is 4.52 Å². The van der Waals surface area contributed by atoms with Crippen molar-refractivity contribution in [2.75, 3.05) is 6.54 Å². The molecule has 2 aliphatic rings. The zero-order valence-corrected chi connectivity index (χ0v) is 16.2. The number of aromatic nitrogens is 3. The van der Waals surface area contributed by atoms with Gasteiger partial charge in [-0.3, -0.25) is 4.98 Å². The molecular formula is C22H21F3N4O. The molecular weight excluding hydrogens is 393 g/mol. The van der Waals surface area contributed by atoms with Gasteiger partial charge in [0.25, 0.3) is 5.89 Å². The van der Waals surface area contributed by atoms with Crippen LogP contribution in [0.2, 0.25) is 0 Å². The number of hydrogen-bond donors (Lipinski definition) is 1. The van der Waals surface area contributed by atoms with E-state index in [1.807, 2.05) is 6.07 Å². The first-order chi connectivity index (χ1) is 14.4. The lowest BCUT2D eigenvalue weighted by atomic mass is 9.68. The summed E-state index contributed by atoms with van der Waals surface area (Å²) in [5.41, 5.74) is 0.383. The molecule has 2 aliphatic carbocycles. The Morgan fingerprint density at radius 2 is 1.93 bits per heavy atom. The number of benzene rings is 1. The van der Waals surface area contributed by atoms with Crippen molar-refractivity contribution in [3.05, 3.63) is 65.7 Å². The van der Waals surface area contributed by atoms with Gasteiger partial charge in [0.05, 0.1) is 0 Å². The van der Waals surface area contributed by atoms with Crippen LogP contribution in [0.4, 0.5) is 13.2 Å². The highest BCUT2D eigenvalue weighted by atomic mass is 19.4. The summed E-state index contributed by atoms with van der Waals surface area (Å²) in [6.45, 7) is 0.740. The van der Waals surface area contributed by atoms with Crippen molar-refractivity contribution >= 4 is 0 Å². The molecule has 3 aromatic rings. The van der Waals surface area contributed by atoms with Crippen molar-refractivity contribution in [2.24, 2.45) is 0 Å². The standard InChI is InChI=1S/C22H21F3N4O/c23-22(24,25)18-11-15(7-10-26-18)19-28-20(29-30-19)21(8-4-9-21)13-27-17-12-16(17)14-5-2-1-3-6-14/h1-3,5-7,10-11,16-17,27H,4,8-9,12-13H2/t16-,17+/m1/s1. The number of alkyl halides is 3. The molecule has 5 rings (SSSR count). The number of hydrogen-bond acceptors (Lipinski definition) is 5. The maximum absolute atomic E-state index is 12.9. The summed E-state index contributed by atoms with van der Waals surface area (Å²) in [6.07, 6.45) is 0.648. The van der Waals surface area contributed by atoms with Crippen LogP contribution in [-0.4, -0.2) is 27.7 Å². The summed E-state index contributed by atoms with van der Waals surface area (Å²) in [4.78, 5) is 7.84. The van der Waals surface area contributed by atoms with Gasteiger partial charge in [0, 0.05) is 35.7 Å². The molecule has 0 unspecified atom stereocenters. The summed E-state index contributed by atoms with van der Waals surface area (Å²) in [5, 5.41) is 7.77. The zero-order valence-electron chi connectivity index (χ0n) is 16.2. The molecule has 0 bridgehead atoms. The van der Waals surface area contributed by atoms with Gasteiger partial charge in [-0.05, 0) is 37.0 Å². The van der Waals surface area contributed by atoms with E-state index in [2.05, 4.69) is 44.7 Å². The Morgan fingerprint density at radius 1 is 1.13 bits per heavy atom. The van der Waals surface area contributed by atoms with Gasteiger partial charge < -0.3 is 9.84 Å². The second-order valence-electron chi connectivity index (χ2n) is 8.22. The van der Waals surface area contributed by atoms with Crippen LogP contribution in [0.3, 0.4) is 0 Å². The molecule has 0 saturated heterocycles. The Labute approximate surface area is 171 Å². The number of nitrogens with one attached hydrogen (secondary N) is 1. The highest BCUT2D eigenvalue weighted by Crippen LogP contribution is 2.45. The fourth-order valence-corrected chi connectivity index (χ4v) is 4.17. The first-order valence-electron chi connectivity index (χ1n) is 10.1. The average molecular weight is 414 g/mol. The average Bonchev–Trinajstić information content (AvgIpc) is 3.33. The van der Waals surface area contributed by atoms with Gasteiger partial charge in [0.1, 0.15) is 5.69 Å². The van der Waals surface area contributed by atoms with E-state index in [9.17, 15) is 13.2 Å². The zero-order chi connectivity index (χ0) is 20.8. The molecule has 0 spiro atoms. The van der Waals surface area contributed by atoms with Crippen molar-refractivity contribution in [3.63, 3.8) is 0 Å². The maximum Gasteiger partial charge on any atom is 0.433 e. The second kappa shape index (κ2) is 7.19. The van der Waals surface area contributed by atoms with Crippen LogP contribution in [0.5, 0.6) is 0 Å². The molecule has 8 heteroatoms. The summed E-state index contributed by atoms with van der Waals surface area (Å²) in [7, 11) is 0. The number of pyridine rings is 1. The van der Waals surface area contributed by atoms with E-state index in [1.165, 1.54) is 11.6 Å².